The van der Waals surface area contributed by atoms with Gasteiger partial charge in [-0.25, -0.2) is 9.13 Å². The number of aromatic amines is 2. The molecule has 0 aliphatic carbocycles. The van der Waals surface area contributed by atoms with Gasteiger partial charge < -0.3 is 0 Å². The number of benzene rings is 3. The molecule has 162 valence electrons. The number of nitrogens with zero attached hydrogens (tertiary/aromatic N) is 6. The first-order chi connectivity index (χ1) is 16.5. The first kappa shape index (κ1) is 18.3. The van der Waals surface area contributed by atoms with Gasteiger partial charge in [-0.05, 0) is 48.5 Å². The zero-order valence-electron chi connectivity index (χ0n) is 16.9. The van der Waals surface area contributed by atoms with Gasteiger partial charge in [-0.3, -0.25) is 19.2 Å². The van der Waals surface area contributed by atoms with E-state index in [1.807, 2.05) is 0 Å². The van der Waals surface area contributed by atoms with Crippen LogP contribution in [0.4, 0.5) is 0 Å². The fraction of sp³-hybridized carbons (Fsp3) is 0. The van der Waals surface area contributed by atoms with Crippen LogP contribution in [0.15, 0.2) is 67.7 Å². The summed E-state index contributed by atoms with van der Waals surface area (Å²) >= 11 is 0. The molecule has 0 atom stereocenters. The molecule has 0 unspecified atom stereocenters. The Bertz CT molecular complexity index is 1940. The maximum absolute atomic E-state index is 13.2. The summed E-state index contributed by atoms with van der Waals surface area (Å²) in [6, 6.07) is 12.2. The van der Waals surface area contributed by atoms with E-state index in [1.54, 1.807) is 36.4 Å². The third-order valence-electron chi connectivity index (χ3n) is 6.01. The molecule has 0 fully saturated rings. The van der Waals surface area contributed by atoms with Crippen molar-refractivity contribution < 1.29 is 0 Å². The number of fused-ring (bicyclic) bond motifs is 4. The van der Waals surface area contributed by atoms with Crippen molar-refractivity contribution >= 4 is 43.6 Å². The van der Waals surface area contributed by atoms with Crippen LogP contribution >= 0.6 is 0 Å². The van der Waals surface area contributed by atoms with E-state index in [1.165, 1.54) is 12.1 Å². The second-order valence-corrected chi connectivity index (χ2v) is 7.83. The fourth-order valence-corrected chi connectivity index (χ4v) is 4.38. The lowest BCUT2D eigenvalue weighted by Gasteiger charge is -1.99. The summed E-state index contributed by atoms with van der Waals surface area (Å²) < 4.78 is 2.00. The lowest BCUT2D eigenvalue weighted by molar-refractivity contribution is 0.958. The molecule has 3 aromatic carbocycles. The SMILES string of the molecule is O=c1c2cc3c(=O)n(-c4ccc5n[nH]nc5c4)c(=O)c3cc2c(=O)n1-c1ccc2n[nH]nc2c1. The molecule has 0 saturated heterocycles. The summed E-state index contributed by atoms with van der Waals surface area (Å²) in [5.41, 5.74) is 0.409. The van der Waals surface area contributed by atoms with Crippen LogP contribution in [0, 0.1) is 0 Å². The average Bonchev–Trinajstić information content (AvgIpc) is 3.59. The van der Waals surface area contributed by atoms with E-state index in [4.69, 9.17) is 0 Å². The molecule has 2 N–H and O–H groups in total. The van der Waals surface area contributed by atoms with Crippen molar-refractivity contribution in [3.8, 4) is 11.4 Å². The van der Waals surface area contributed by atoms with Gasteiger partial charge in [-0.1, -0.05) is 0 Å². The zero-order valence-corrected chi connectivity index (χ0v) is 16.9. The van der Waals surface area contributed by atoms with Gasteiger partial charge >= 0.3 is 0 Å². The van der Waals surface area contributed by atoms with Crippen LogP contribution in [0.1, 0.15) is 0 Å². The van der Waals surface area contributed by atoms with Crippen LogP contribution in [0.5, 0.6) is 0 Å². The molecule has 4 heterocycles. The molecule has 4 aromatic heterocycles. The number of aromatic nitrogens is 8. The van der Waals surface area contributed by atoms with Crippen LogP contribution in [0.25, 0.3) is 55.0 Å². The van der Waals surface area contributed by atoms with Crippen molar-refractivity contribution in [2.45, 2.75) is 0 Å². The van der Waals surface area contributed by atoms with Gasteiger partial charge in [0.15, 0.2) is 0 Å². The van der Waals surface area contributed by atoms with E-state index in [0.717, 1.165) is 9.13 Å². The Morgan fingerprint density at radius 1 is 0.471 bits per heavy atom. The smallest absolute Gasteiger partial charge is 0.266 e. The average molecular weight is 450 g/mol. The number of H-pyrrole nitrogens is 2. The molecule has 0 saturated carbocycles. The van der Waals surface area contributed by atoms with Crippen molar-refractivity contribution in [2.75, 3.05) is 0 Å². The molecule has 12 nitrogen and oxygen atoms in total. The maximum atomic E-state index is 13.2. The first-order valence-corrected chi connectivity index (χ1v) is 10.1. The molecule has 0 bridgehead atoms. The topological polar surface area (TPSA) is 161 Å². The molecule has 0 amide bonds. The largest absolute Gasteiger partial charge is 0.268 e. The Balaban J connectivity index is 1.50. The van der Waals surface area contributed by atoms with E-state index in [2.05, 4.69) is 30.8 Å². The lowest BCUT2D eigenvalue weighted by atomic mass is 10.1. The van der Waals surface area contributed by atoms with E-state index in [-0.39, 0.29) is 21.5 Å². The van der Waals surface area contributed by atoms with Crippen molar-refractivity contribution in [1.82, 2.24) is 40.0 Å². The Hall–Kier alpha value is -5.26. The van der Waals surface area contributed by atoms with Crippen LogP contribution in [-0.2, 0) is 0 Å². The Kier molecular flexibility index (Phi) is 3.32. The first-order valence-electron chi connectivity index (χ1n) is 10.1. The molecule has 7 aromatic rings. The lowest BCUT2D eigenvalue weighted by Crippen LogP contribution is -2.24. The third-order valence-corrected chi connectivity index (χ3v) is 6.01. The standard InChI is InChI=1S/C22H10N8O4/c31-19-11-7-13-14(22(34)30(21(13)33)10-2-4-16-18(6-10)26-28-24-16)8-12(11)20(32)29(19)9-1-3-15-17(5-9)25-27-23-15/h1-8H,(H,23,25,27)(H,24,26,28). The van der Waals surface area contributed by atoms with E-state index >= 15 is 0 Å². The highest BCUT2D eigenvalue weighted by Crippen LogP contribution is 2.19. The molecule has 0 radical (unpaired) electrons. The van der Waals surface area contributed by atoms with Gasteiger partial charge in [0.1, 0.15) is 22.1 Å². The summed E-state index contributed by atoms with van der Waals surface area (Å²) in [5.74, 6) is 0. The number of hydrogen-bond donors (Lipinski definition) is 2. The van der Waals surface area contributed by atoms with Crippen molar-refractivity contribution in [2.24, 2.45) is 0 Å². The summed E-state index contributed by atoms with van der Waals surface area (Å²) in [5, 5.41) is 21.1. The number of rotatable bonds is 2. The highest BCUT2D eigenvalue weighted by atomic mass is 16.2. The van der Waals surface area contributed by atoms with Gasteiger partial charge in [0.25, 0.3) is 22.2 Å². The van der Waals surface area contributed by atoms with Gasteiger partial charge in [0, 0.05) is 0 Å². The predicted molar refractivity (Wildman–Crippen MR) is 122 cm³/mol. The molecule has 0 aliphatic heterocycles. The highest BCUT2D eigenvalue weighted by molar-refractivity contribution is 5.98. The normalized spacial score (nSPS) is 12.0. The Morgan fingerprint density at radius 3 is 1.21 bits per heavy atom. The predicted octanol–water partition coefficient (Wildman–Crippen LogP) is 0.433. The molecule has 0 aliphatic rings. The summed E-state index contributed by atoms with van der Waals surface area (Å²) in [4.78, 5) is 52.7. The van der Waals surface area contributed by atoms with Crippen LogP contribution < -0.4 is 22.2 Å². The minimum atomic E-state index is -0.589. The molecule has 0 spiro atoms. The molecule has 34 heavy (non-hydrogen) atoms. The summed E-state index contributed by atoms with van der Waals surface area (Å²) in [6.07, 6.45) is 0. The van der Waals surface area contributed by atoms with Gasteiger partial charge in [0.2, 0.25) is 0 Å². The highest BCUT2D eigenvalue weighted by Gasteiger charge is 2.21. The fourth-order valence-electron chi connectivity index (χ4n) is 4.38. The quantitative estimate of drug-likeness (QED) is 0.383. The van der Waals surface area contributed by atoms with Gasteiger partial charge in [0.05, 0.1) is 32.9 Å². The molecule has 7 rings (SSSR count). The van der Waals surface area contributed by atoms with Crippen LogP contribution in [-0.4, -0.2) is 40.0 Å². The molecule has 12 heteroatoms. The Labute approximate surface area is 185 Å². The molecular weight excluding hydrogens is 440 g/mol. The number of nitrogens with one attached hydrogen (secondary N) is 2. The van der Waals surface area contributed by atoms with Crippen molar-refractivity contribution in [3.05, 3.63) is 89.9 Å². The second-order valence-electron chi connectivity index (χ2n) is 7.83. The zero-order chi connectivity index (χ0) is 23.1. The van der Waals surface area contributed by atoms with E-state index in [0.29, 0.717) is 33.4 Å². The van der Waals surface area contributed by atoms with Gasteiger partial charge in [-0.15, -0.1) is 0 Å². The second kappa shape index (κ2) is 6.16. The Morgan fingerprint density at radius 2 is 0.824 bits per heavy atom. The summed E-state index contributed by atoms with van der Waals surface area (Å²) in [6.45, 7) is 0. The minimum absolute atomic E-state index is 0.0546. The van der Waals surface area contributed by atoms with Crippen molar-refractivity contribution in [1.29, 1.82) is 0 Å². The van der Waals surface area contributed by atoms with E-state index < -0.39 is 22.2 Å². The molecular formula is C22H10N8O4. The minimum Gasteiger partial charge on any atom is -0.268 e. The summed E-state index contributed by atoms with van der Waals surface area (Å²) in [7, 11) is 0. The van der Waals surface area contributed by atoms with Crippen LogP contribution in [0.3, 0.4) is 0 Å². The maximum Gasteiger partial charge on any atom is 0.266 e. The monoisotopic (exact) mass is 450 g/mol. The number of hydrogen-bond acceptors (Lipinski definition) is 8. The van der Waals surface area contributed by atoms with Crippen molar-refractivity contribution in [3.63, 3.8) is 0 Å². The van der Waals surface area contributed by atoms with Crippen LogP contribution in [0.2, 0.25) is 0 Å². The van der Waals surface area contributed by atoms with E-state index in [9.17, 15) is 19.2 Å². The third kappa shape index (κ3) is 2.25. The van der Waals surface area contributed by atoms with Gasteiger partial charge in [-0.2, -0.15) is 30.8 Å².